The Morgan fingerprint density at radius 3 is 2.10 bits per heavy atom. The lowest BCUT2D eigenvalue weighted by Crippen LogP contribution is -2.73. The van der Waals surface area contributed by atoms with Crippen molar-refractivity contribution in [1.82, 2.24) is 15.3 Å². The zero-order chi connectivity index (χ0) is 21.9. The second-order valence-corrected chi connectivity index (χ2v) is 8.38. The van der Waals surface area contributed by atoms with E-state index in [1.54, 1.807) is 19.2 Å². The molecule has 31 heavy (non-hydrogen) atoms. The Labute approximate surface area is 177 Å². The molecule has 0 spiro atoms. The number of halogens is 2. The minimum absolute atomic E-state index is 0.207. The summed E-state index contributed by atoms with van der Waals surface area (Å²) in [6.45, 7) is 0.0297. The Morgan fingerprint density at radius 2 is 1.52 bits per heavy atom. The number of likely N-dealkylation sites (N-methyl/N-ethyl adjacent to an activating group) is 1. The van der Waals surface area contributed by atoms with Crippen LogP contribution in [0.4, 0.5) is 8.78 Å². The molecular weight excluding hydrogens is 404 g/mol. The van der Waals surface area contributed by atoms with Gasteiger partial charge in [-0.1, -0.05) is 12.1 Å². The number of ketones is 2. The molecule has 0 saturated carbocycles. The molecule has 2 unspecified atom stereocenters. The highest BCUT2D eigenvalue weighted by atomic mass is 19.1. The van der Waals surface area contributed by atoms with Gasteiger partial charge in [0.2, 0.25) is 17.5 Å². The van der Waals surface area contributed by atoms with E-state index in [1.807, 2.05) is 0 Å². The molecule has 0 radical (unpaired) electrons. The lowest BCUT2D eigenvalue weighted by molar-refractivity contribution is -0.161. The number of hydrazine groups is 1. The summed E-state index contributed by atoms with van der Waals surface area (Å²) in [4.78, 5) is 38.8. The predicted molar refractivity (Wildman–Crippen MR) is 107 cm³/mol. The van der Waals surface area contributed by atoms with Crippen LogP contribution in [0.5, 0.6) is 0 Å². The summed E-state index contributed by atoms with van der Waals surface area (Å²) in [6, 6.07) is 7.46. The molecule has 160 valence electrons. The molecule has 5 rings (SSSR count). The summed E-state index contributed by atoms with van der Waals surface area (Å²) < 4.78 is 28.7. The molecule has 2 aliphatic heterocycles. The summed E-state index contributed by atoms with van der Waals surface area (Å²) >= 11 is 0. The predicted octanol–water partition coefficient (Wildman–Crippen LogP) is 1.36. The highest BCUT2D eigenvalue weighted by Gasteiger charge is 2.51. The number of benzene rings is 2. The van der Waals surface area contributed by atoms with Crippen LogP contribution in [0.1, 0.15) is 28.2 Å². The van der Waals surface area contributed by atoms with Crippen molar-refractivity contribution in [2.24, 2.45) is 0 Å². The Balaban J connectivity index is 1.71. The highest BCUT2D eigenvalue weighted by Crippen LogP contribution is 2.41. The Hall–Kier alpha value is -2.97. The van der Waals surface area contributed by atoms with Crippen molar-refractivity contribution in [3.8, 4) is 0 Å². The number of amides is 1. The van der Waals surface area contributed by atoms with Crippen molar-refractivity contribution in [2.45, 2.75) is 30.8 Å². The van der Waals surface area contributed by atoms with E-state index in [2.05, 4.69) is 5.43 Å². The molecule has 0 bridgehead atoms. The van der Waals surface area contributed by atoms with Gasteiger partial charge in [-0.2, -0.15) is 0 Å². The Kier molecular flexibility index (Phi) is 4.71. The largest absolute Gasteiger partial charge is 0.342 e. The van der Waals surface area contributed by atoms with E-state index in [1.165, 1.54) is 34.2 Å². The third-order valence-electron chi connectivity index (χ3n) is 6.59. The number of carbonyl (C=O) groups is 3. The van der Waals surface area contributed by atoms with Gasteiger partial charge >= 0.3 is 0 Å². The topological polar surface area (TPSA) is 69.7 Å². The van der Waals surface area contributed by atoms with Crippen LogP contribution in [-0.2, 0) is 27.2 Å². The van der Waals surface area contributed by atoms with Crippen molar-refractivity contribution in [3.05, 3.63) is 70.3 Å². The van der Waals surface area contributed by atoms with Crippen LogP contribution in [0.25, 0.3) is 0 Å². The molecule has 6 nitrogen and oxygen atoms in total. The first-order valence-electron chi connectivity index (χ1n) is 10.3. The van der Waals surface area contributed by atoms with E-state index in [-0.39, 0.29) is 13.1 Å². The van der Waals surface area contributed by atoms with Gasteiger partial charge in [0.1, 0.15) is 11.6 Å². The third kappa shape index (κ3) is 3.18. The second-order valence-electron chi connectivity index (χ2n) is 8.38. The molecule has 2 aromatic carbocycles. The molecule has 2 saturated heterocycles. The van der Waals surface area contributed by atoms with Crippen LogP contribution in [0.15, 0.2) is 36.4 Å². The maximum atomic E-state index is 14.3. The summed E-state index contributed by atoms with van der Waals surface area (Å²) in [5.74, 6) is -3.17. The first-order valence-corrected chi connectivity index (χ1v) is 10.3. The first-order chi connectivity index (χ1) is 14.8. The van der Waals surface area contributed by atoms with Crippen LogP contribution in [0.3, 0.4) is 0 Å². The van der Waals surface area contributed by atoms with Crippen molar-refractivity contribution < 1.29 is 23.2 Å². The van der Waals surface area contributed by atoms with Crippen LogP contribution in [0, 0.1) is 11.6 Å². The van der Waals surface area contributed by atoms with Gasteiger partial charge in [-0.15, -0.1) is 0 Å². The van der Waals surface area contributed by atoms with Crippen molar-refractivity contribution in [3.63, 3.8) is 0 Å². The number of hydrogen-bond acceptors (Lipinski definition) is 5. The lowest BCUT2D eigenvalue weighted by Gasteiger charge is -2.48. The van der Waals surface area contributed by atoms with Gasteiger partial charge in [0, 0.05) is 19.5 Å². The van der Waals surface area contributed by atoms with Gasteiger partial charge in [0.15, 0.2) is 6.04 Å². The third-order valence-corrected chi connectivity index (χ3v) is 6.59. The summed E-state index contributed by atoms with van der Waals surface area (Å²) in [5.41, 5.74) is 6.25. The molecule has 1 amide bonds. The standard InChI is InChI=1S/C23H21F2N3O3/c1-27-11-18(28-21(23(27)31)22(30)19(29)10-26-28)20-16-8-14(24)6-4-12(16)2-3-13-5-7-15(25)9-17(13)20/h4-9,18,20-21,26H,2-3,10-11H2,1H3. The molecule has 8 heteroatoms. The maximum absolute atomic E-state index is 14.3. The van der Waals surface area contributed by atoms with E-state index >= 15 is 0 Å². The first kappa shape index (κ1) is 20.0. The average Bonchev–Trinajstić information content (AvgIpc) is 2.89. The fraction of sp³-hybridized carbons (Fsp3) is 0.348. The van der Waals surface area contributed by atoms with Gasteiger partial charge in [0.25, 0.3) is 0 Å². The monoisotopic (exact) mass is 425 g/mol. The van der Waals surface area contributed by atoms with E-state index in [0.717, 1.165) is 11.1 Å². The summed E-state index contributed by atoms with van der Waals surface area (Å²) in [6.07, 6.45) is 1.33. The molecule has 1 N–H and O–H groups in total. The zero-order valence-corrected chi connectivity index (χ0v) is 16.9. The van der Waals surface area contributed by atoms with Crippen LogP contribution in [0.2, 0.25) is 0 Å². The molecule has 3 aliphatic rings. The van der Waals surface area contributed by atoms with Crippen molar-refractivity contribution >= 4 is 17.5 Å². The normalized spacial score (nSPS) is 24.5. The number of carbonyl (C=O) groups excluding carboxylic acids is 3. The number of nitrogens with one attached hydrogen (secondary N) is 1. The lowest BCUT2D eigenvalue weighted by atomic mass is 9.80. The number of hydrogen-bond donors (Lipinski definition) is 1. The quantitative estimate of drug-likeness (QED) is 0.552. The number of piperazine rings is 1. The molecule has 2 fully saturated rings. The second kappa shape index (κ2) is 7.32. The smallest absolute Gasteiger partial charge is 0.249 e. The van der Waals surface area contributed by atoms with Gasteiger partial charge < -0.3 is 4.90 Å². The molecule has 0 aromatic heterocycles. The molecule has 1 aliphatic carbocycles. The molecule has 2 aromatic rings. The number of nitrogens with zero attached hydrogens (tertiary/aromatic N) is 2. The summed E-state index contributed by atoms with van der Waals surface area (Å²) in [7, 11) is 1.58. The van der Waals surface area contributed by atoms with Gasteiger partial charge in [-0.25, -0.2) is 19.2 Å². The maximum Gasteiger partial charge on any atom is 0.249 e. The molecule has 2 heterocycles. The van der Waals surface area contributed by atoms with Crippen LogP contribution < -0.4 is 5.43 Å². The van der Waals surface area contributed by atoms with Crippen LogP contribution >= 0.6 is 0 Å². The fourth-order valence-electron chi connectivity index (χ4n) is 5.11. The van der Waals surface area contributed by atoms with Crippen molar-refractivity contribution in [2.75, 3.05) is 20.1 Å². The number of aryl methyl sites for hydroxylation is 2. The Bertz CT molecular complexity index is 1070. The van der Waals surface area contributed by atoms with Gasteiger partial charge in [0.05, 0.1) is 12.6 Å². The molecule has 2 atom stereocenters. The van der Waals surface area contributed by atoms with E-state index in [4.69, 9.17) is 0 Å². The van der Waals surface area contributed by atoms with Crippen LogP contribution in [-0.4, -0.2) is 59.6 Å². The van der Waals surface area contributed by atoms with Gasteiger partial charge in [-0.05, 0) is 59.4 Å². The fourth-order valence-corrected chi connectivity index (χ4v) is 5.11. The Morgan fingerprint density at radius 1 is 0.935 bits per heavy atom. The van der Waals surface area contributed by atoms with E-state index in [9.17, 15) is 23.2 Å². The van der Waals surface area contributed by atoms with Crippen molar-refractivity contribution in [1.29, 1.82) is 0 Å². The average molecular weight is 425 g/mol. The highest BCUT2D eigenvalue weighted by molar-refractivity contribution is 6.44. The zero-order valence-electron chi connectivity index (χ0n) is 16.9. The van der Waals surface area contributed by atoms with E-state index in [0.29, 0.717) is 24.0 Å². The minimum Gasteiger partial charge on any atom is -0.342 e. The number of fused-ring (bicyclic) bond motifs is 3. The van der Waals surface area contributed by atoms with E-state index < -0.39 is 47.1 Å². The number of rotatable bonds is 1. The SMILES string of the molecule is CN1CC(C2c3cc(F)ccc3CCc3ccc(F)cc32)N2NCC(=O)C(=O)C2C1=O. The summed E-state index contributed by atoms with van der Waals surface area (Å²) in [5, 5.41) is 1.53. The minimum atomic E-state index is -1.28. The number of Topliss-reactive ketones (excluding diaryl/α,β-unsaturated/α-hetero) is 2. The van der Waals surface area contributed by atoms with Gasteiger partial charge in [-0.3, -0.25) is 14.4 Å². The molecular formula is C23H21F2N3O3.